The van der Waals surface area contributed by atoms with Crippen LogP contribution in [0.5, 0.6) is 0 Å². The van der Waals surface area contributed by atoms with E-state index in [1.54, 1.807) is 0 Å². The second kappa shape index (κ2) is 7.27. The summed E-state index contributed by atoms with van der Waals surface area (Å²) in [5.74, 6) is -0.969. The van der Waals surface area contributed by atoms with E-state index < -0.39 is 12.0 Å². The fourth-order valence-electron chi connectivity index (χ4n) is 2.14. The van der Waals surface area contributed by atoms with Crippen LogP contribution in [-0.4, -0.2) is 47.6 Å². The molecule has 1 aliphatic rings. The molecule has 1 atom stereocenters. The predicted octanol–water partition coefficient (Wildman–Crippen LogP) is 0.842. The second-order valence-corrected chi connectivity index (χ2v) is 4.47. The van der Waals surface area contributed by atoms with E-state index in [1.165, 1.54) is 4.90 Å². The minimum atomic E-state index is -0.879. The molecule has 0 saturated carbocycles. The van der Waals surface area contributed by atoms with Crippen molar-refractivity contribution in [3.05, 3.63) is 0 Å². The first kappa shape index (κ1) is 14.0. The summed E-state index contributed by atoms with van der Waals surface area (Å²) in [7, 11) is 0. The Bertz CT molecular complexity index is 268. The van der Waals surface area contributed by atoms with Gasteiger partial charge in [0, 0.05) is 6.54 Å². The van der Waals surface area contributed by atoms with Crippen molar-refractivity contribution in [3.63, 3.8) is 0 Å². The number of carboxylic acids is 1. The molecule has 1 unspecified atom stereocenters. The molecular formula is C12H22N2O3. The van der Waals surface area contributed by atoms with Gasteiger partial charge in [-0.25, -0.2) is 4.79 Å². The molecule has 1 rings (SSSR count). The van der Waals surface area contributed by atoms with Crippen LogP contribution >= 0.6 is 0 Å². The number of carbonyl (C=O) groups excluding carboxylic acids is 1. The molecule has 2 N–H and O–H groups in total. The van der Waals surface area contributed by atoms with Crippen molar-refractivity contribution in [2.45, 2.75) is 45.1 Å². The highest BCUT2D eigenvalue weighted by molar-refractivity contribution is 5.84. The van der Waals surface area contributed by atoms with Gasteiger partial charge in [-0.15, -0.1) is 0 Å². The van der Waals surface area contributed by atoms with Crippen molar-refractivity contribution in [2.75, 3.05) is 19.6 Å². The van der Waals surface area contributed by atoms with E-state index in [0.717, 1.165) is 32.2 Å². The van der Waals surface area contributed by atoms with Gasteiger partial charge in [0.2, 0.25) is 5.91 Å². The van der Waals surface area contributed by atoms with E-state index in [0.29, 0.717) is 13.0 Å². The van der Waals surface area contributed by atoms with Crippen molar-refractivity contribution in [3.8, 4) is 0 Å². The maximum Gasteiger partial charge on any atom is 0.326 e. The quantitative estimate of drug-likeness (QED) is 0.701. The summed E-state index contributed by atoms with van der Waals surface area (Å²) in [6.45, 7) is 3.64. The molecule has 5 nitrogen and oxygen atoms in total. The first-order valence-corrected chi connectivity index (χ1v) is 6.39. The van der Waals surface area contributed by atoms with Crippen molar-refractivity contribution in [1.82, 2.24) is 10.2 Å². The summed E-state index contributed by atoms with van der Waals surface area (Å²) in [5, 5.41) is 12.2. The van der Waals surface area contributed by atoms with Gasteiger partial charge in [-0.1, -0.05) is 19.8 Å². The van der Waals surface area contributed by atoms with Crippen LogP contribution in [0.25, 0.3) is 0 Å². The molecule has 1 saturated heterocycles. The molecule has 1 aliphatic heterocycles. The molecule has 1 fully saturated rings. The lowest BCUT2D eigenvalue weighted by atomic mass is 10.1. The lowest BCUT2D eigenvalue weighted by molar-refractivity contribution is -0.149. The molecule has 17 heavy (non-hydrogen) atoms. The van der Waals surface area contributed by atoms with E-state index in [-0.39, 0.29) is 12.5 Å². The number of rotatable bonds is 5. The van der Waals surface area contributed by atoms with Crippen molar-refractivity contribution in [1.29, 1.82) is 0 Å². The largest absolute Gasteiger partial charge is 0.480 e. The lowest BCUT2D eigenvalue weighted by Crippen LogP contribution is -2.48. The predicted molar refractivity (Wildman–Crippen MR) is 64.8 cm³/mol. The molecule has 0 bridgehead atoms. The normalized spacial score (nSPS) is 21.0. The molecule has 98 valence electrons. The number of carbonyl (C=O) groups is 2. The molecule has 0 aromatic carbocycles. The molecule has 0 radical (unpaired) electrons. The van der Waals surface area contributed by atoms with Crippen molar-refractivity contribution >= 4 is 11.9 Å². The number of aliphatic carboxylic acids is 1. The number of likely N-dealkylation sites (tertiary alicyclic amines) is 1. The third kappa shape index (κ3) is 4.34. The average molecular weight is 242 g/mol. The van der Waals surface area contributed by atoms with Crippen LogP contribution < -0.4 is 5.32 Å². The Morgan fingerprint density at radius 1 is 1.35 bits per heavy atom. The number of nitrogens with one attached hydrogen (secondary N) is 1. The number of hydrogen-bond acceptors (Lipinski definition) is 3. The molecule has 0 aromatic rings. The Balaban J connectivity index is 2.55. The summed E-state index contributed by atoms with van der Waals surface area (Å²) in [4.78, 5) is 24.6. The Morgan fingerprint density at radius 2 is 2.12 bits per heavy atom. The van der Waals surface area contributed by atoms with Crippen LogP contribution in [0.2, 0.25) is 0 Å². The van der Waals surface area contributed by atoms with Crippen LogP contribution in [0, 0.1) is 0 Å². The van der Waals surface area contributed by atoms with E-state index >= 15 is 0 Å². The first-order valence-electron chi connectivity index (χ1n) is 6.39. The summed E-state index contributed by atoms with van der Waals surface area (Å²) >= 11 is 0. The Morgan fingerprint density at radius 3 is 2.76 bits per heavy atom. The van der Waals surface area contributed by atoms with Gasteiger partial charge in [-0.2, -0.15) is 0 Å². The van der Waals surface area contributed by atoms with E-state index in [2.05, 4.69) is 5.32 Å². The topological polar surface area (TPSA) is 69.6 Å². The van der Waals surface area contributed by atoms with Gasteiger partial charge >= 0.3 is 5.97 Å². The number of hydrogen-bond donors (Lipinski definition) is 2. The van der Waals surface area contributed by atoms with Gasteiger partial charge in [0.15, 0.2) is 0 Å². The summed E-state index contributed by atoms with van der Waals surface area (Å²) in [6.07, 6.45) is 4.35. The minimum absolute atomic E-state index is 0.0900. The smallest absolute Gasteiger partial charge is 0.326 e. The van der Waals surface area contributed by atoms with Crippen LogP contribution in [0.3, 0.4) is 0 Å². The Labute approximate surface area is 102 Å². The summed E-state index contributed by atoms with van der Waals surface area (Å²) < 4.78 is 0. The van der Waals surface area contributed by atoms with E-state index in [9.17, 15) is 9.59 Å². The Hall–Kier alpha value is -1.10. The fourth-order valence-corrected chi connectivity index (χ4v) is 2.14. The molecule has 5 heteroatoms. The van der Waals surface area contributed by atoms with Crippen LogP contribution in [0.15, 0.2) is 0 Å². The number of nitrogens with zero attached hydrogens (tertiary/aromatic N) is 1. The van der Waals surface area contributed by atoms with Crippen molar-refractivity contribution in [2.24, 2.45) is 0 Å². The Kier molecular flexibility index (Phi) is 5.97. The van der Waals surface area contributed by atoms with Crippen LogP contribution in [0.1, 0.15) is 39.0 Å². The highest BCUT2D eigenvalue weighted by Gasteiger charge is 2.30. The maximum absolute atomic E-state index is 11.9. The molecule has 0 aliphatic carbocycles. The van der Waals surface area contributed by atoms with Crippen LogP contribution in [-0.2, 0) is 9.59 Å². The third-order valence-corrected chi connectivity index (χ3v) is 3.06. The summed E-state index contributed by atoms with van der Waals surface area (Å²) in [5.41, 5.74) is 0. The molecule has 0 spiro atoms. The molecule has 1 heterocycles. The van der Waals surface area contributed by atoms with Gasteiger partial charge in [-0.3, -0.25) is 4.79 Å². The zero-order valence-corrected chi connectivity index (χ0v) is 10.4. The zero-order valence-electron chi connectivity index (χ0n) is 10.4. The first-order chi connectivity index (χ1) is 8.16. The molecular weight excluding hydrogens is 220 g/mol. The van der Waals surface area contributed by atoms with Crippen molar-refractivity contribution < 1.29 is 14.7 Å². The number of carboxylic acid groups (broad SMARTS) is 1. The van der Waals surface area contributed by atoms with Gasteiger partial charge in [0.1, 0.15) is 6.04 Å². The maximum atomic E-state index is 11.9. The molecule has 0 aromatic heterocycles. The third-order valence-electron chi connectivity index (χ3n) is 3.06. The monoisotopic (exact) mass is 242 g/mol. The van der Waals surface area contributed by atoms with Gasteiger partial charge in [0.05, 0.1) is 6.54 Å². The zero-order chi connectivity index (χ0) is 12.7. The standard InChI is InChI=1S/C12H22N2O3/c1-2-7-13-9-11(15)14-8-5-3-4-6-10(14)12(16)17/h10,13H,2-9H2,1H3,(H,16,17). The number of amides is 1. The van der Waals surface area contributed by atoms with Gasteiger partial charge in [-0.05, 0) is 25.8 Å². The second-order valence-electron chi connectivity index (χ2n) is 4.47. The highest BCUT2D eigenvalue weighted by atomic mass is 16.4. The fraction of sp³-hybridized carbons (Fsp3) is 0.833. The van der Waals surface area contributed by atoms with Gasteiger partial charge < -0.3 is 15.3 Å². The van der Waals surface area contributed by atoms with E-state index in [4.69, 9.17) is 5.11 Å². The average Bonchev–Trinajstić information content (AvgIpc) is 2.54. The van der Waals surface area contributed by atoms with E-state index in [1.807, 2.05) is 6.92 Å². The lowest BCUT2D eigenvalue weighted by Gasteiger charge is -2.27. The summed E-state index contributed by atoms with van der Waals surface area (Å²) in [6, 6.07) is -0.631. The van der Waals surface area contributed by atoms with Gasteiger partial charge in [0.25, 0.3) is 0 Å². The van der Waals surface area contributed by atoms with Crippen LogP contribution in [0.4, 0.5) is 0 Å². The SMILES string of the molecule is CCCNCC(=O)N1CCCCCC1C(=O)O. The minimum Gasteiger partial charge on any atom is -0.480 e. The highest BCUT2D eigenvalue weighted by Crippen LogP contribution is 2.17. The molecule has 1 amide bonds.